The third-order valence-corrected chi connectivity index (χ3v) is 4.05. The van der Waals surface area contributed by atoms with Gasteiger partial charge in [-0.3, -0.25) is 4.79 Å². The molecule has 1 aliphatic rings. The van der Waals surface area contributed by atoms with Gasteiger partial charge in [0.25, 0.3) is 0 Å². The molecule has 1 aliphatic heterocycles. The van der Waals surface area contributed by atoms with Crippen LogP contribution in [0.2, 0.25) is 0 Å². The molecule has 2 atom stereocenters. The minimum atomic E-state index is -0.0591. The maximum absolute atomic E-state index is 12.2. The minimum absolute atomic E-state index is 0. The van der Waals surface area contributed by atoms with Crippen molar-refractivity contribution in [2.75, 3.05) is 26.8 Å². The van der Waals surface area contributed by atoms with E-state index in [-0.39, 0.29) is 30.3 Å². The van der Waals surface area contributed by atoms with E-state index < -0.39 is 0 Å². The van der Waals surface area contributed by atoms with Gasteiger partial charge in [-0.15, -0.1) is 12.4 Å². The molecule has 1 fully saturated rings. The number of hydrogen-bond donors (Lipinski definition) is 2. The number of carbonyl (C=O) groups excluding carboxylic acids is 1. The van der Waals surface area contributed by atoms with Crippen LogP contribution in [-0.4, -0.2) is 32.7 Å². The summed E-state index contributed by atoms with van der Waals surface area (Å²) in [5, 5.41) is 6.30. The van der Waals surface area contributed by atoms with E-state index >= 15 is 0 Å². The molecule has 1 aromatic rings. The summed E-state index contributed by atoms with van der Waals surface area (Å²) < 4.78 is 11.2. The summed E-state index contributed by atoms with van der Waals surface area (Å²) in [5.74, 6) is 2.09. The van der Waals surface area contributed by atoms with Gasteiger partial charge in [0, 0.05) is 6.54 Å². The van der Waals surface area contributed by atoms with Gasteiger partial charge in [0.05, 0.1) is 25.7 Å². The van der Waals surface area contributed by atoms with Crippen molar-refractivity contribution in [3.05, 3.63) is 23.8 Å². The molecule has 0 saturated carbocycles. The highest BCUT2D eigenvalue weighted by atomic mass is 35.5. The lowest BCUT2D eigenvalue weighted by Crippen LogP contribution is -2.33. The molecule has 1 amide bonds. The third kappa shape index (κ3) is 5.56. The first-order chi connectivity index (χ1) is 11.0. The Hall–Kier alpha value is -1.46. The Kier molecular flexibility index (Phi) is 8.36. The molecule has 1 heterocycles. The van der Waals surface area contributed by atoms with E-state index in [9.17, 15) is 4.79 Å². The molecule has 0 radical (unpaired) electrons. The number of nitrogens with one attached hydrogen (secondary N) is 2. The zero-order valence-corrected chi connectivity index (χ0v) is 15.7. The van der Waals surface area contributed by atoms with Crippen molar-refractivity contribution in [3.63, 3.8) is 0 Å². The number of methoxy groups -OCH3 is 1. The second-order valence-electron chi connectivity index (χ2n) is 6.54. The van der Waals surface area contributed by atoms with Crippen molar-refractivity contribution in [2.24, 2.45) is 11.8 Å². The van der Waals surface area contributed by atoms with Crippen LogP contribution in [0.25, 0.3) is 0 Å². The number of halogens is 1. The molecule has 0 spiro atoms. The van der Waals surface area contributed by atoms with E-state index in [2.05, 4.69) is 24.5 Å². The molecule has 2 rings (SSSR count). The van der Waals surface area contributed by atoms with Gasteiger partial charge in [-0.25, -0.2) is 0 Å². The molecule has 24 heavy (non-hydrogen) atoms. The maximum atomic E-state index is 12.2. The Morgan fingerprint density at radius 3 is 2.67 bits per heavy atom. The van der Waals surface area contributed by atoms with Crippen LogP contribution in [0.4, 0.5) is 0 Å². The van der Waals surface area contributed by atoms with Crippen LogP contribution in [0.3, 0.4) is 0 Å². The van der Waals surface area contributed by atoms with Crippen LogP contribution in [0, 0.1) is 11.8 Å². The summed E-state index contributed by atoms with van der Waals surface area (Å²) in [6.07, 6.45) is 0.907. The van der Waals surface area contributed by atoms with Crippen molar-refractivity contribution in [1.29, 1.82) is 0 Å². The monoisotopic (exact) mass is 356 g/mol. The number of amides is 1. The topological polar surface area (TPSA) is 59.6 Å². The predicted molar refractivity (Wildman–Crippen MR) is 98.1 cm³/mol. The van der Waals surface area contributed by atoms with E-state index in [0.717, 1.165) is 30.8 Å². The fourth-order valence-corrected chi connectivity index (χ4v) is 2.62. The molecule has 2 N–H and O–H groups in total. The quantitative estimate of drug-likeness (QED) is 0.788. The number of ether oxygens (including phenoxy) is 2. The Labute approximate surface area is 150 Å². The zero-order chi connectivity index (χ0) is 16.8. The summed E-state index contributed by atoms with van der Waals surface area (Å²) >= 11 is 0. The highest BCUT2D eigenvalue weighted by molar-refractivity contribution is 5.85. The van der Waals surface area contributed by atoms with Gasteiger partial charge in [0.1, 0.15) is 0 Å². The van der Waals surface area contributed by atoms with Crippen LogP contribution in [0.5, 0.6) is 11.5 Å². The Bertz CT molecular complexity index is 531. The number of rotatable bonds is 7. The summed E-state index contributed by atoms with van der Waals surface area (Å²) in [5.41, 5.74) is 1.01. The second-order valence-corrected chi connectivity index (χ2v) is 6.54. The van der Waals surface area contributed by atoms with Crippen molar-refractivity contribution in [2.45, 2.75) is 33.2 Å². The zero-order valence-electron chi connectivity index (χ0n) is 14.9. The molecular formula is C18H29ClN2O3. The van der Waals surface area contributed by atoms with Crippen LogP contribution in [-0.2, 0) is 4.79 Å². The third-order valence-electron chi connectivity index (χ3n) is 4.05. The predicted octanol–water partition coefficient (Wildman–Crippen LogP) is 2.94. The largest absolute Gasteiger partial charge is 0.493 e. The molecule has 0 bridgehead atoms. The highest BCUT2D eigenvalue weighted by Crippen LogP contribution is 2.30. The Morgan fingerprint density at radius 1 is 1.33 bits per heavy atom. The van der Waals surface area contributed by atoms with Crippen molar-refractivity contribution >= 4 is 18.3 Å². The van der Waals surface area contributed by atoms with Crippen LogP contribution < -0.4 is 20.1 Å². The van der Waals surface area contributed by atoms with Crippen molar-refractivity contribution < 1.29 is 14.3 Å². The molecular weight excluding hydrogens is 328 g/mol. The number of carbonyl (C=O) groups is 1. The molecule has 1 aromatic carbocycles. The van der Waals surface area contributed by atoms with Gasteiger partial charge in [-0.05, 0) is 43.5 Å². The Balaban J connectivity index is 0.00000288. The van der Waals surface area contributed by atoms with Gasteiger partial charge < -0.3 is 20.1 Å². The fourth-order valence-electron chi connectivity index (χ4n) is 2.62. The lowest BCUT2D eigenvalue weighted by molar-refractivity contribution is -0.125. The summed E-state index contributed by atoms with van der Waals surface area (Å²) in [6, 6.07) is 5.77. The molecule has 136 valence electrons. The van der Waals surface area contributed by atoms with Crippen LogP contribution in [0.1, 0.15) is 38.8 Å². The summed E-state index contributed by atoms with van der Waals surface area (Å²) in [7, 11) is 1.63. The maximum Gasteiger partial charge on any atom is 0.224 e. The van der Waals surface area contributed by atoms with Gasteiger partial charge in [0.2, 0.25) is 5.91 Å². The minimum Gasteiger partial charge on any atom is -0.493 e. The van der Waals surface area contributed by atoms with Gasteiger partial charge >= 0.3 is 0 Å². The molecule has 6 heteroatoms. The fraction of sp³-hybridized carbons (Fsp3) is 0.611. The summed E-state index contributed by atoms with van der Waals surface area (Å²) in [6.45, 7) is 8.54. The van der Waals surface area contributed by atoms with E-state index in [1.807, 2.05) is 25.1 Å². The molecule has 1 saturated heterocycles. The lowest BCUT2D eigenvalue weighted by atomic mass is 10.0. The van der Waals surface area contributed by atoms with E-state index in [1.54, 1.807) is 7.11 Å². The number of benzene rings is 1. The molecule has 5 nitrogen and oxygen atoms in total. The van der Waals surface area contributed by atoms with E-state index in [1.165, 1.54) is 0 Å². The SMILES string of the molecule is COc1cc(C(C)NC(=O)C2CCNC2)ccc1OCC(C)C.Cl. The first-order valence-corrected chi connectivity index (χ1v) is 8.33. The first-order valence-electron chi connectivity index (χ1n) is 8.33. The average molecular weight is 357 g/mol. The standard InChI is InChI=1S/C18H28N2O3.ClH/c1-12(2)11-23-16-6-5-14(9-17(16)22-4)13(3)20-18(21)15-7-8-19-10-15;/h5-6,9,12-13,15,19H,7-8,10-11H2,1-4H3,(H,20,21);1H. The van der Waals surface area contributed by atoms with Crippen molar-refractivity contribution in [3.8, 4) is 11.5 Å². The average Bonchev–Trinajstić information content (AvgIpc) is 3.07. The van der Waals surface area contributed by atoms with Gasteiger partial charge in [0.15, 0.2) is 11.5 Å². The normalized spacial score (nSPS) is 18.0. The van der Waals surface area contributed by atoms with E-state index in [4.69, 9.17) is 9.47 Å². The van der Waals surface area contributed by atoms with Gasteiger partial charge in [-0.1, -0.05) is 19.9 Å². The second kappa shape index (κ2) is 9.74. The van der Waals surface area contributed by atoms with Gasteiger partial charge in [-0.2, -0.15) is 0 Å². The summed E-state index contributed by atoms with van der Waals surface area (Å²) in [4.78, 5) is 12.2. The molecule has 0 aliphatic carbocycles. The number of hydrogen-bond acceptors (Lipinski definition) is 4. The van der Waals surface area contributed by atoms with E-state index in [0.29, 0.717) is 18.3 Å². The van der Waals surface area contributed by atoms with Crippen LogP contribution >= 0.6 is 12.4 Å². The highest BCUT2D eigenvalue weighted by Gasteiger charge is 2.24. The Morgan fingerprint density at radius 2 is 2.08 bits per heavy atom. The van der Waals surface area contributed by atoms with Crippen LogP contribution in [0.15, 0.2) is 18.2 Å². The smallest absolute Gasteiger partial charge is 0.224 e. The van der Waals surface area contributed by atoms with Crippen molar-refractivity contribution in [1.82, 2.24) is 10.6 Å². The first kappa shape index (κ1) is 20.6. The molecule has 2 unspecified atom stereocenters. The molecule has 0 aromatic heterocycles. The lowest BCUT2D eigenvalue weighted by Gasteiger charge is -2.19.